The Morgan fingerprint density at radius 1 is 1.22 bits per heavy atom. The highest BCUT2D eigenvalue weighted by Crippen LogP contribution is 2.32. The molecule has 3 nitrogen and oxygen atoms in total. The third-order valence-corrected chi connectivity index (χ3v) is 4.39. The molecule has 2 rings (SSSR count). The van der Waals surface area contributed by atoms with Gasteiger partial charge in [0.05, 0.1) is 5.56 Å². The predicted octanol–water partition coefficient (Wildman–Crippen LogP) is 3.10. The number of amides is 1. The van der Waals surface area contributed by atoms with Crippen molar-refractivity contribution in [3.63, 3.8) is 0 Å². The number of hydrogen-bond acceptors (Lipinski definition) is 2. The number of rotatable bonds is 4. The lowest BCUT2D eigenvalue weighted by molar-refractivity contribution is -0.137. The summed E-state index contributed by atoms with van der Waals surface area (Å²) in [6.45, 7) is 5.65. The standard InChI is InChI=1S/C17H23F3N2O/c1-16(2,11-22-15(23)12-6-8-21-9-7-12)13-4-3-5-14(10-13)17(18,19)20/h3-5,10,12,21H,6-9,11H2,1-2H3,(H,22,23). The molecule has 1 heterocycles. The summed E-state index contributed by atoms with van der Waals surface area (Å²) in [5.41, 5.74) is -0.658. The maximum Gasteiger partial charge on any atom is 0.416 e. The molecule has 0 radical (unpaired) electrons. The summed E-state index contributed by atoms with van der Waals surface area (Å²) in [7, 11) is 0. The SMILES string of the molecule is CC(C)(CNC(=O)C1CCNCC1)c1cccc(C(F)(F)F)c1. The van der Waals surface area contributed by atoms with Crippen LogP contribution in [-0.2, 0) is 16.4 Å². The maximum atomic E-state index is 12.8. The van der Waals surface area contributed by atoms with Gasteiger partial charge in [-0.05, 0) is 37.6 Å². The van der Waals surface area contributed by atoms with E-state index in [2.05, 4.69) is 10.6 Å². The lowest BCUT2D eigenvalue weighted by Crippen LogP contribution is -2.42. The Balaban J connectivity index is 2.02. The van der Waals surface area contributed by atoms with E-state index in [9.17, 15) is 18.0 Å². The van der Waals surface area contributed by atoms with Crippen molar-refractivity contribution >= 4 is 5.91 Å². The Labute approximate surface area is 134 Å². The van der Waals surface area contributed by atoms with E-state index in [4.69, 9.17) is 0 Å². The molecule has 0 unspecified atom stereocenters. The van der Waals surface area contributed by atoms with Crippen molar-refractivity contribution < 1.29 is 18.0 Å². The maximum absolute atomic E-state index is 12.8. The predicted molar refractivity (Wildman–Crippen MR) is 83.1 cm³/mol. The first-order chi connectivity index (χ1) is 10.7. The van der Waals surface area contributed by atoms with Crippen LogP contribution < -0.4 is 10.6 Å². The van der Waals surface area contributed by atoms with Gasteiger partial charge in [-0.2, -0.15) is 13.2 Å². The lowest BCUT2D eigenvalue weighted by atomic mass is 9.83. The molecule has 1 aliphatic heterocycles. The molecular formula is C17H23F3N2O. The molecular weight excluding hydrogens is 305 g/mol. The summed E-state index contributed by atoms with van der Waals surface area (Å²) in [5.74, 6) is -0.0138. The molecule has 1 aliphatic rings. The van der Waals surface area contributed by atoms with Crippen LogP contribution in [0.3, 0.4) is 0 Å². The molecule has 0 spiro atoms. The number of piperidine rings is 1. The van der Waals surface area contributed by atoms with Gasteiger partial charge in [-0.15, -0.1) is 0 Å². The summed E-state index contributed by atoms with van der Waals surface area (Å²) in [4.78, 5) is 12.2. The number of alkyl halides is 3. The van der Waals surface area contributed by atoms with Gasteiger partial charge in [-0.1, -0.05) is 32.0 Å². The Hall–Kier alpha value is -1.56. The molecule has 1 aromatic carbocycles. The van der Waals surface area contributed by atoms with E-state index in [1.165, 1.54) is 6.07 Å². The normalized spacial score (nSPS) is 17.1. The molecule has 0 aliphatic carbocycles. The van der Waals surface area contributed by atoms with Gasteiger partial charge < -0.3 is 10.6 Å². The first kappa shape index (κ1) is 17.8. The van der Waals surface area contributed by atoms with E-state index >= 15 is 0 Å². The fourth-order valence-electron chi connectivity index (χ4n) is 2.76. The molecule has 6 heteroatoms. The smallest absolute Gasteiger partial charge is 0.355 e. The van der Waals surface area contributed by atoms with Gasteiger partial charge in [0.2, 0.25) is 5.91 Å². The fraction of sp³-hybridized carbons (Fsp3) is 0.588. The van der Waals surface area contributed by atoms with E-state index < -0.39 is 17.2 Å². The molecule has 0 bridgehead atoms. The minimum absolute atomic E-state index is 0.00596. The largest absolute Gasteiger partial charge is 0.416 e. The van der Waals surface area contributed by atoms with E-state index in [-0.39, 0.29) is 11.8 Å². The molecule has 0 aromatic heterocycles. The second-order valence-electron chi connectivity index (χ2n) is 6.70. The Morgan fingerprint density at radius 3 is 2.43 bits per heavy atom. The fourth-order valence-corrected chi connectivity index (χ4v) is 2.76. The topological polar surface area (TPSA) is 41.1 Å². The highest BCUT2D eigenvalue weighted by molar-refractivity contribution is 5.78. The number of benzene rings is 1. The van der Waals surface area contributed by atoms with Crippen molar-refractivity contribution in [2.45, 2.75) is 38.3 Å². The zero-order valence-electron chi connectivity index (χ0n) is 13.5. The van der Waals surface area contributed by atoms with Crippen LogP contribution in [0.1, 0.15) is 37.8 Å². The Morgan fingerprint density at radius 2 is 1.83 bits per heavy atom. The Bertz CT molecular complexity index is 549. The minimum atomic E-state index is -4.36. The van der Waals surface area contributed by atoms with Gasteiger partial charge in [0.1, 0.15) is 0 Å². The summed E-state index contributed by atoms with van der Waals surface area (Å²) in [6, 6.07) is 5.31. The second kappa shape index (κ2) is 6.91. The quantitative estimate of drug-likeness (QED) is 0.892. The number of nitrogens with one attached hydrogen (secondary N) is 2. The zero-order valence-corrected chi connectivity index (χ0v) is 13.5. The van der Waals surface area contributed by atoms with Crippen LogP contribution in [0.25, 0.3) is 0 Å². The molecule has 1 amide bonds. The number of carbonyl (C=O) groups is 1. The van der Waals surface area contributed by atoms with Gasteiger partial charge in [0.25, 0.3) is 0 Å². The lowest BCUT2D eigenvalue weighted by Gasteiger charge is -2.28. The average molecular weight is 328 g/mol. The van der Waals surface area contributed by atoms with Crippen LogP contribution in [-0.4, -0.2) is 25.5 Å². The summed E-state index contributed by atoms with van der Waals surface area (Å²) >= 11 is 0. The highest BCUT2D eigenvalue weighted by atomic mass is 19.4. The van der Waals surface area contributed by atoms with Gasteiger partial charge in [0.15, 0.2) is 0 Å². The number of hydrogen-bond donors (Lipinski definition) is 2. The average Bonchev–Trinajstić information content (AvgIpc) is 2.53. The van der Waals surface area contributed by atoms with E-state index in [0.29, 0.717) is 12.1 Å². The number of halogens is 3. The first-order valence-electron chi connectivity index (χ1n) is 7.86. The monoisotopic (exact) mass is 328 g/mol. The van der Waals surface area contributed by atoms with Gasteiger partial charge in [-0.25, -0.2) is 0 Å². The number of carbonyl (C=O) groups excluding carboxylic acids is 1. The summed E-state index contributed by atoms with van der Waals surface area (Å²) in [6.07, 6.45) is -2.75. The van der Waals surface area contributed by atoms with Crippen LogP contribution in [0.5, 0.6) is 0 Å². The van der Waals surface area contributed by atoms with Gasteiger partial charge >= 0.3 is 6.18 Å². The molecule has 1 saturated heterocycles. The van der Waals surface area contributed by atoms with Crippen molar-refractivity contribution in [2.75, 3.05) is 19.6 Å². The summed E-state index contributed by atoms with van der Waals surface area (Å²) in [5, 5.41) is 6.10. The minimum Gasteiger partial charge on any atom is -0.355 e. The van der Waals surface area contributed by atoms with Gasteiger partial charge in [0, 0.05) is 17.9 Å². The highest BCUT2D eigenvalue weighted by Gasteiger charge is 2.32. The Kier molecular flexibility index (Phi) is 5.34. The molecule has 23 heavy (non-hydrogen) atoms. The van der Waals surface area contributed by atoms with Crippen molar-refractivity contribution in [1.29, 1.82) is 0 Å². The third kappa shape index (κ3) is 4.70. The molecule has 0 saturated carbocycles. The third-order valence-electron chi connectivity index (χ3n) is 4.39. The first-order valence-corrected chi connectivity index (χ1v) is 7.86. The molecule has 0 atom stereocenters. The van der Waals surface area contributed by atoms with Crippen LogP contribution in [0.15, 0.2) is 24.3 Å². The van der Waals surface area contributed by atoms with Crippen LogP contribution in [0.4, 0.5) is 13.2 Å². The second-order valence-corrected chi connectivity index (χ2v) is 6.70. The zero-order chi connectivity index (χ0) is 17.1. The molecule has 128 valence electrons. The van der Waals surface area contributed by atoms with Gasteiger partial charge in [-0.3, -0.25) is 4.79 Å². The van der Waals surface area contributed by atoms with Crippen LogP contribution in [0.2, 0.25) is 0 Å². The molecule has 1 aromatic rings. The van der Waals surface area contributed by atoms with Crippen LogP contribution >= 0.6 is 0 Å². The van der Waals surface area contributed by atoms with Crippen molar-refractivity contribution in [3.05, 3.63) is 35.4 Å². The van der Waals surface area contributed by atoms with Crippen molar-refractivity contribution in [2.24, 2.45) is 5.92 Å². The van der Waals surface area contributed by atoms with E-state index in [1.54, 1.807) is 6.07 Å². The summed E-state index contributed by atoms with van der Waals surface area (Å²) < 4.78 is 38.5. The molecule has 1 fully saturated rings. The van der Waals surface area contributed by atoms with E-state index in [1.807, 2.05) is 13.8 Å². The van der Waals surface area contributed by atoms with Crippen molar-refractivity contribution in [3.8, 4) is 0 Å². The van der Waals surface area contributed by atoms with E-state index in [0.717, 1.165) is 38.1 Å². The van der Waals surface area contributed by atoms with Crippen molar-refractivity contribution in [1.82, 2.24) is 10.6 Å². The molecule has 2 N–H and O–H groups in total. The van der Waals surface area contributed by atoms with Crippen LogP contribution in [0, 0.1) is 5.92 Å².